The Morgan fingerprint density at radius 3 is 2.70 bits per heavy atom. The van der Waals surface area contributed by atoms with Crippen LogP contribution in [-0.2, 0) is 21.1 Å². The van der Waals surface area contributed by atoms with Gasteiger partial charge in [-0.25, -0.2) is 8.42 Å². The molecule has 1 aromatic heterocycles. The highest BCUT2D eigenvalue weighted by Crippen LogP contribution is 2.41. The van der Waals surface area contributed by atoms with Crippen LogP contribution >= 0.6 is 0 Å². The second-order valence-electron chi connectivity index (χ2n) is 8.03. The zero-order chi connectivity index (χ0) is 21.2. The predicted octanol–water partition coefficient (Wildman–Crippen LogP) is 4.34. The molecule has 4 rings (SSSR count). The van der Waals surface area contributed by atoms with Gasteiger partial charge in [-0.2, -0.15) is 0 Å². The molecule has 0 radical (unpaired) electrons. The van der Waals surface area contributed by atoms with Crippen LogP contribution in [0.3, 0.4) is 0 Å². The van der Waals surface area contributed by atoms with Crippen molar-refractivity contribution in [1.29, 1.82) is 0 Å². The molecule has 3 unspecified atom stereocenters. The molecule has 1 aliphatic heterocycles. The largest absolute Gasteiger partial charge is 0.361 e. The van der Waals surface area contributed by atoms with Crippen molar-refractivity contribution in [2.45, 2.75) is 43.2 Å². The number of likely N-dealkylation sites (tertiary alicyclic amines) is 1. The fourth-order valence-corrected chi connectivity index (χ4v) is 6.37. The van der Waals surface area contributed by atoms with Gasteiger partial charge in [0.2, 0.25) is 0 Å². The Balaban J connectivity index is 1.58. The molecule has 1 saturated heterocycles. The van der Waals surface area contributed by atoms with Crippen molar-refractivity contribution in [3.05, 3.63) is 83.7 Å². The van der Waals surface area contributed by atoms with Crippen molar-refractivity contribution in [3.63, 3.8) is 0 Å². The van der Waals surface area contributed by atoms with Crippen LogP contribution < -0.4 is 0 Å². The molecule has 6 heteroatoms. The monoisotopic (exact) mass is 426 g/mol. The Hall–Kier alpha value is -2.15. The highest BCUT2D eigenvalue weighted by Gasteiger charge is 2.48. The standard InChI is InChI=1S/C24H30N2O3S/c1-3-30(27,28)24(29-2)16-8-7-12-21(24)22-15-14-20(25-22)18-26-17-9-13-23(26)19-10-5-4-6-11-19/h4-8,10-12,14-16,21,23,25H,3,9,13,17-18H2,1-2H3. The Bertz CT molecular complexity index is 1030. The molecule has 30 heavy (non-hydrogen) atoms. The maximum absolute atomic E-state index is 12.9. The SMILES string of the molecule is CCS(=O)(=O)C1(OC)C=CC=CC1c1ccc(CN2CCCC2c2ccccc2)[nH]1. The van der Waals surface area contributed by atoms with E-state index in [9.17, 15) is 8.42 Å². The van der Waals surface area contributed by atoms with E-state index in [1.807, 2.05) is 18.2 Å². The fraction of sp³-hybridized carbons (Fsp3) is 0.417. The summed E-state index contributed by atoms with van der Waals surface area (Å²) in [7, 11) is -2.00. The molecular weight excluding hydrogens is 396 g/mol. The van der Waals surface area contributed by atoms with Crippen LogP contribution in [0.2, 0.25) is 0 Å². The van der Waals surface area contributed by atoms with E-state index in [1.54, 1.807) is 19.1 Å². The minimum atomic E-state index is -3.48. The molecule has 0 spiro atoms. The van der Waals surface area contributed by atoms with Gasteiger partial charge >= 0.3 is 0 Å². The number of rotatable bonds is 7. The summed E-state index contributed by atoms with van der Waals surface area (Å²) in [4.78, 5) is 4.61. The van der Waals surface area contributed by atoms with Gasteiger partial charge in [0.25, 0.3) is 0 Å². The van der Waals surface area contributed by atoms with Crippen LogP contribution in [0.25, 0.3) is 0 Å². The smallest absolute Gasteiger partial charge is 0.198 e. The molecule has 1 aliphatic carbocycles. The molecule has 160 valence electrons. The van der Waals surface area contributed by atoms with Gasteiger partial charge in [0.15, 0.2) is 14.8 Å². The maximum atomic E-state index is 12.9. The van der Waals surface area contributed by atoms with E-state index in [4.69, 9.17) is 4.74 Å². The lowest BCUT2D eigenvalue weighted by molar-refractivity contribution is 0.0873. The first-order chi connectivity index (χ1) is 14.5. The fourth-order valence-electron chi connectivity index (χ4n) is 4.79. The van der Waals surface area contributed by atoms with Gasteiger partial charge in [0.05, 0.1) is 11.7 Å². The summed E-state index contributed by atoms with van der Waals surface area (Å²) < 4.78 is 31.6. The summed E-state index contributed by atoms with van der Waals surface area (Å²) in [6.45, 7) is 3.54. The van der Waals surface area contributed by atoms with Gasteiger partial charge in [0, 0.05) is 31.1 Å². The highest BCUT2D eigenvalue weighted by atomic mass is 32.2. The van der Waals surface area contributed by atoms with Crippen LogP contribution in [0.4, 0.5) is 0 Å². The molecule has 1 N–H and O–H groups in total. The number of aromatic amines is 1. The first kappa shape index (κ1) is 21.1. The maximum Gasteiger partial charge on any atom is 0.198 e. The van der Waals surface area contributed by atoms with Gasteiger partial charge in [-0.3, -0.25) is 4.90 Å². The molecule has 3 atom stereocenters. The second-order valence-corrected chi connectivity index (χ2v) is 10.5. The number of nitrogens with zero attached hydrogens (tertiary/aromatic N) is 1. The quantitative estimate of drug-likeness (QED) is 0.715. The van der Waals surface area contributed by atoms with Crippen molar-refractivity contribution < 1.29 is 13.2 Å². The third-order valence-corrected chi connectivity index (χ3v) is 8.68. The molecule has 2 aliphatic rings. The van der Waals surface area contributed by atoms with E-state index in [1.165, 1.54) is 19.1 Å². The molecular formula is C24H30N2O3S. The van der Waals surface area contributed by atoms with Crippen molar-refractivity contribution in [2.75, 3.05) is 19.4 Å². The van der Waals surface area contributed by atoms with Crippen molar-refractivity contribution in [1.82, 2.24) is 9.88 Å². The number of benzene rings is 1. The van der Waals surface area contributed by atoms with Crippen LogP contribution in [0.5, 0.6) is 0 Å². The van der Waals surface area contributed by atoms with Gasteiger partial charge < -0.3 is 9.72 Å². The normalized spacial score (nSPS) is 27.0. The zero-order valence-electron chi connectivity index (χ0n) is 17.6. The summed E-state index contributed by atoms with van der Waals surface area (Å²) >= 11 is 0. The Morgan fingerprint density at radius 2 is 1.97 bits per heavy atom. The Morgan fingerprint density at radius 1 is 1.17 bits per heavy atom. The van der Waals surface area contributed by atoms with Gasteiger partial charge in [0.1, 0.15) is 0 Å². The summed E-state index contributed by atoms with van der Waals surface area (Å²) in [6, 6.07) is 15.1. The molecule has 0 saturated carbocycles. The molecule has 5 nitrogen and oxygen atoms in total. The molecule has 1 aromatic carbocycles. The average molecular weight is 427 g/mol. The van der Waals surface area contributed by atoms with Crippen LogP contribution in [0, 0.1) is 0 Å². The summed E-state index contributed by atoms with van der Waals surface area (Å²) in [5.41, 5.74) is 3.31. The minimum Gasteiger partial charge on any atom is -0.361 e. The van der Waals surface area contributed by atoms with Gasteiger partial charge in [-0.15, -0.1) is 0 Å². The van der Waals surface area contributed by atoms with E-state index in [0.29, 0.717) is 6.04 Å². The van der Waals surface area contributed by atoms with E-state index < -0.39 is 20.7 Å². The number of hydrogen-bond acceptors (Lipinski definition) is 4. The van der Waals surface area contributed by atoms with E-state index >= 15 is 0 Å². The summed E-state index contributed by atoms with van der Waals surface area (Å²) in [5.74, 6) is -0.384. The number of H-pyrrole nitrogens is 1. The third kappa shape index (κ3) is 3.68. The first-order valence-corrected chi connectivity index (χ1v) is 12.3. The highest BCUT2D eigenvalue weighted by molar-refractivity contribution is 7.92. The number of allylic oxidation sites excluding steroid dienone is 2. The number of aromatic nitrogens is 1. The molecule has 0 amide bonds. The lowest BCUT2D eigenvalue weighted by atomic mass is 9.93. The summed E-state index contributed by atoms with van der Waals surface area (Å²) in [5, 5.41) is 0. The zero-order valence-corrected chi connectivity index (χ0v) is 18.4. The second kappa shape index (κ2) is 8.53. The van der Waals surface area contributed by atoms with Crippen molar-refractivity contribution in [3.8, 4) is 0 Å². The molecule has 1 fully saturated rings. The molecule has 0 bridgehead atoms. The number of methoxy groups -OCH3 is 1. The van der Waals surface area contributed by atoms with E-state index in [2.05, 4.69) is 46.3 Å². The topological polar surface area (TPSA) is 62.4 Å². The van der Waals surface area contributed by atoms with E-state index in [0.717, 1.165) is 30.9 Å². The third-order valence-electron chi connectivity index (χ3n) is 6.39. The Kier molecular flexibility index (Phi) is 6.00. The van der Waals surface area contributed by atoms with Gasteiger partial charge in [-0.1, -0.05) is 55.5 Å². The average Bonchev–Trinajstić information content (AvgIpc) is 3.44. The predicted molar refractivity (Wildman–Crippen MR) is 120 cm³/mol. The molecule has 2 aromatic rings. The lowest BCUT2D eigenvalue weighted by Crippen LogP contribution is -2.45. The van der Waals surface area contributed by atoms with Crippen LogP contribution in [0.1, 0.15) is 48.7 Å². The minimum absolute atomic E-state index is 0.0234. The van der Waals surface area contributed by atoms with E-state index in [-0.39, 0.29) is 5.75 Å². The van der Waals surface area contributed by atoms with Crippen LogP contribution in [0.15, 0.2) is 66.8 Å². The number of ether oxygens (including phenoxy) is 1. The number of hydrogen-bond donors (Lipinski definition) is 1. The van der Waals surface area contributed by atoms with Crippen molar-refractivity contribution in [2.24, 2.45) is 0 Å². The Labute approximate surface area is 179 Å². The number of nitrogens with one attached hydrogen (secondary N) is 1. The van der Waals surface area contributed by atoms with Crippen LogP contribution in [-0.4, -0.2) is 42.6 Å². The van der Waals surface area contributed by atoms with Crippen molar-refractivity contribution >= 4 is 9.84 Å². The van der Waals surface area contributed by atoms with Gasteiger partial charge in [-0.05, 0) is 43.2 Å². The lowest BCUT2D eigenvalue weighted by Gasteiger charge is -2.36. The summed E-state index contributed by atoms with van der Waals surface area (Å²) in [6.07, 6.45) is 9.57. The number of sulfone groups is 1. The first-order valence-electron chi connectivity index (χ1n) is 10.6. The molecule has 2 heterocycles.